The average Bonchev–Trinajstić information content (AvgIpc) is 3.40. The molecule has 1 aliphatic heterocycles. The van der Waals surface area contributed by atoms with Crippen molar-refractivity contribution in [3.63, 3.8) is 0 Å². The van der Waals surface area contributed by atoms with Gasteiger partial charge in [-0.25, -0.2) is 8.42 Å². The summed E-state index contributed by atoms with van der Waals surface area (Å²) in [5.41, 5.74) is 1.52. The Labute approximate surface area is 193 Å². The minimum atomic E-state index is -3.56. The highest BCUT2D eigenvalue weighted by atomic mass is 32.2. The molecule has 0 saturated carbocycles. The Kier molecular flexibility index (Phi) is 6.86. The van der Waals surface area contributed by atoms with Gasteiger partial charge in [-0.05, 0) is 54.8 Å². The molecule has 170 valence electrons. The van der Waals surface area contributed by atoms with Crippen molar-refractivity contribution in [3.8, 4) is 0 Å². The fourth-order valence-electron chi connectivity index (χ4n) is 3.75. The summed E-state index contributed by atoms with van der Waals surface area (Å²) >= 11 is 0. The van der Waals surface area contributed by atoms with E-state index in [-0.39, 0.29) is 16.4 Å². The second-order valence-electron chi connectivity index (χ2n) is 7.81. The van der Waals surface area contributed by atoms with Crippen molar-refractivity contribution in [2.75, 3.05) is 18.4 Å². The maximum Gasteiger partial charge on any atom is 0.252 e. The Morgan fingerprint density at radius 1 is 0.788 bits per heavy atom. The van der Waals surface area contributed by atoms with E-state index in [0.29, 0.717) is 24.3 Å². The number of carbonyl (C=O) groups excluding carboxylic acids is 2. The number of amides is 2. The van der Waals surface area contributed by atoms with Crippen molar-refractivity contribution in [1.82, 2.24) is 9.62 Å². The van der Waals surface area contributed by atoms with Gasteiger partial charge in [-0.15, -0.1) is 0 Å². The Hall–Kier alpha value is -3.49. The Morgan fingerprint density at radius 3 is 1.97 bits per heavy atom. The molecule has 1 saturated heterocycles. The minimum absolute atomic E-state index is 0.155. The molecule has 0 radical (unpaired) electrons. The minimum Gasteiger partial charge on any atom is -0.336 e. The van der Waals surface area contributed by atoms with Crippen molar-refractivity contribution in [3.05, 3.63) is 96.1 Å². The third-order valence-corrected chi connectivity index (χ3v) is 7.44. The number of nitrogens with one attached hydrogen (secondary N) is 2. The molecule has 8 heteroatoms. The number of para-hydroxylation sites is 1. The second-order valence-corrected chi connectivity index (χ2v) is 9.75. The summed E-state index contributed by atoms with van der Waals surface area (Å²) in [6.07, 6.45) is 1.71. The fraction of sp³-hybridized carbons (Fsp3) is 0.200. The Balaban J connectivity index is 1.52. The highest BCUT2D eigenvalue weighted by Gasteiger charge is 2.28. The van der Waals surface area contributed by atoms with Crippen LogP contribution in [-0.4, -0.2) is 37.6 Å². The molecule has 0 spiro atoms. The monoisotopic (exact) mass is 463 g/mol. The van der Waals surface area contributed by atoms with Gasteiger partial charge in [0.1, 0.15) is 6.04 Å². The summed E-state index contributed by atoms with van der Waals surface area (Å²) in [6, 6.07) is 22.8. The number of hydrogen-bond donors (Lipinski definition) is 2. The largest absolute Gasteiger partial charge is 0.336 e. The fourth-order valence-corrected chi connectivity index (χ4v) is 5.27. The van der Waals surface area contributed by atoms with Crippen molar-refractivity contribution in [2.24, 2.45) is 0 Å². The van der Waals surface area contributed by atoms with Crippen molar-refractivity contribution in [2.45, 2.75) is 23.8 Å². The molecule has 2 amide bonds. The zero-order valence-corrected chi connectivity index (χ0v) is 18.8. The molecule has 1 atom stereocenters. The van der Waals surface area contributed by atoms with Crippen LogP contribution in [0, 0.1) is 0 Å². The summed E-state index contributed by atoms with van der Waals surface area (Å²) in [4.78, 5) is 26.1. The van der Waals surface area contributed by atoms with E-state index in [0.717, 1.165) is 12.8 Å². The van der Waals surface area contributed by atoms with Gasteiger partial charge < -0.3 is 10.6 Å². The van der Waals surface area contributed by atoms with E-state index in [2.05, 4.69) is 10.6 Å². The van der Waals surface area contributed by atoms with Crippen LogP contribution in [-0.2, 0) is 14.8 Å². The normalized spacial score (nSPS) is 15.0. The lowest BCUT2D eigenvalue weighted by atomic mass is 10.1. The Morgan fingerprint density at radius 2 is 1.36 bits per heavy atom. The Bertz CT molecular complexity index is 1210. The quantitative estimate of drug-likeness (QED) is 0.560. The maximum atomic E-state index is 13.0. The predicted molar refractivity (Wildman–Crippen MR) is 126 cm³/mol. The molecule has 2 N–H and O–H groups in total. The van der Waals surface area contributed by atoms with Gasteiger partial charge in [-0.3, -0.25) is 9.59 Å². The summed E-state index contributed by atoms with van der Waals surface area (Å²) in [7, 11) is -3.56. The average molecular weight is 464 g/mol. The van der Waals surface area contributed by atoms with E-state index < -0.39 is 22.0 Å². The summed E-state index contributed by atoms with van der Waals surface area (Å²) < 4.78 is 26.9. The molecule has 4 rings (SSSR count). The van der Waals surface area contributed by atoms with Crippen LogP contribution in [0.1, 0.15) is 34.8 Å². The van der Waals surface area contributed by atoms with Crippen molar-refractivity contribution < 1.29 is 18.0 Å². The predicted octanol–water partition coefficient (Wildman–Crippen LogP) is 3.58. The number of hydrogen-bond acceptors (Lipinski definition) is 4. The lowest BCUT2D eigenvalue weighted by Crippen LogP contribution is -2.37. The molecule has 7 nitrogen and oxygen atoms in total. The number of benzene rings is 3. The molecule has 0 aromatic heterocycles. The number of anilines is 1. The van der Waals surface area contributed by atoms with E-state index in [1.54, 1.807) is 36.4 Å². The van der Waals surface area contributed by atoms with Crippen molar-refractivity contribution in [1.29, 1.82) is 0 Å². The molecule has 33 heavy (non-hydrogen) atoms. The first-order chi connectivity index (χ1) is 15.9. The third kappa shape index (κ3) is 5.30. The molecular weight excluding hydrogens is 438 g/mol. The van der Waals surface area contributed by atoms with Crippen LogP contribution in [0.3, 0.4) is 0 Å². The number of rotatable bonds is 7. The first-order valence-corrected chi connectivity index (χ1v) is 12.2. The topological polar surface area (TPSA) is 95.6 Å². The van der Waals surface area contributed by atoms with E-state index >= 15 is 0 Å². The molecule has 1 heterocycles. The third-order valence-electron chi connectivity index (χ3n) is 5.53. The van der Waals surface area contributed by atoms with Crippen LogP contribution >= 0.6 is 0 Å². The smallest absolute Gasteiger partial charge is 0.252 e. The highest BCUT2D eigenvalue weighted by molar-refractivity contribution is 7.89. The molecular formula is C25H25N3O4S. The zero-order valence-electron chi connectivity index (χ0n) is 18.0. The molecule has 1 unspecified atom stereocenters. The van der Waals surface area contributed by atoms with E-state index in [4.69, 9.17) is 0 Å². The molecule has 1 fully saturated rings. The van der Waals surface area contributed by atoms with Gasteiger partial charge in [0.2, 0.25) is 10.0 Å². The number of carbonyl (C=O) groups is 2. The highest BCUT2D eigenvalue weighted by Crippen LogP contribution is 2.22. The summed E-state index contributed by atoms with van der Waals surface area (Å²) in [5.74, 6) is -0.855. The van der Waals surface area contributed by atoms with Gasteiger partial charge in [0, 0.05) is 24.3 Å². The lowest BCUT2D eigenvalue weighted by molar-refractivity contribution is -0.118. The van der Waals surface area contributed by atoms with Crippen LogP contribution in [0.5, 0.6) is 0 Å². The van der Waals surface area contributed by atoms with Crippen molar-refractivity contribution >= 4 is 27.5 Å². The first-order valence-electron chi connectivity index (χ1n) is 10.8. The standard InChI is InChI=1S/C25H25N3O4S/c29-24(20-13-15-22(16-14-20)33(31,32)28-17-7-8-18-28)27-23(19-9-3-1-4-10-19)25(30)26-21-11-5-2-6-12-21/h1-6,9-16,23H,7-8,17-18H2,(H,26,30)(H,27,29). The van der Waals surface area contributed by atoms with Gasteiger partial charge in [0.05, 0.1) is 4.90 Å². The van der Waals surface area contributed by atoms with Gasteiger partial charge >= 0.3 is 0 Å². The van der Waals surface area contributed by atoms with E-state index in [1.165, 1.54) is 28.6 Å². The number of sulfonamides is 1. The first kappa shape index (κ1) is 22.7. The van der Waals surface area contributed by atoms with Gasteiger partial charge in [-0.1, -0.05) is 48.5 Å². The van der Waals surface area contributed by atoms with Gasteiger partial charge in [0.25, 0.3) is 11.8 Å². The second kappa shape index (κ2) is 9.97. The number of nitrogens with zero attached hydrogens (tertiary/aromatic N) is 1. The van der Waals surface area contributed by atoms with E-state index in [9.17, 15) is 18.0 Å². The van der Waals surface area contributed by atoms with Crippen LogP contribution in [0.15, 0.2) is 89.8 Å². The molecule has 3 aromatic carbocycles. The lowest BCUT2D eigenvalue weighted by Gasteiger charge is -2.19. The summed E-state index contributed by atoms with van der Waals surface area (Å²) in [6.45, 7) is 1.03. The van der Waals surface area contributed by atoms with Crippen LogP contribution in [0.4, 0.5) is 5.69 Å². The van der Waals surface area contributed by atoms with Gasteiger partial charge in [-0.2, -0.15) is 4.31 Å². The summed E-state index contributed by atoms with van der Waals surface area (Å²) in [5, 5.41) is 5.59. The zero-order chi connectivity index (χ0) is 23.3. The van der Waals surface area contributed by atoms with Gasteiger partial charge in [0.15, 0.2) is 0 Å². The molecule has 3 aromatic rings. The SMILES string of the molecule is O=C(NC(C(=O)Nc1ccccc1)c1ccccc1)c1ccc(S(=O)(=O)N2CCCC2)cc1. The molecule has 0 bridgehead atoms. The van der Waals surface area contributed by atoms with Crippen LogP contribution in [0.2, 0.25) is 0 Å². The van der Waals surface area contributed by atoms with Crippen LogP contribution < -0.4 is 10.6 Å². The van der Waals surface area contributed by atoms with E-state index in [1.807, 2.05) is 24.3 Å². The molecule has 1 aliphatic rings. The maximum absolute atomic E-state index is 13.0. The van der Waals surface area contributed by atoms with Crippen LogP contribution in [0.25, 0.3) is 0 Å². The molecule has 0 aliphatic carbocycles.